The summed E-state index contributed by atoms with van der Waals surface area (Å²) in [6.45, 7) is 2.08. The standard InChI is InChI=1S/C17H21N3O3S/c1-2-3-4-8-17(21)19-14-9-11-15(12-10-14)24(22,23)20-16-7-5-6-13-18-16/h5-7,9-13H,2-4,8H2,1H3,(H,18,20)(H,19,21). The predicted molar refractivity (Wildman–Crippen MR) is 94.3 cm³/mol. The number of pyridine rings is 1. The molecule has 6 nitrogen and oxygen atoms in total. The zero-order chi connectivity index (χ0) is 17.4. The zero-order valence-corrected chi connectivity index (χ0v) is 14.3. The Morgan fingerprint density at radius 3 is 2.46 bits per heavy atom. The van der Waals surface area contributed by atoms with Crippen molar-refractivity contribution in [3.05, 3.63) is 48.7 Å². The smallest absolute Gasteiger partial charge is 0.263 e. The van der Waals surface area contributed by atoms with Crippen molar-refractivity contribution in [1.82, 2.24) is 4.98 Å². The average molecular weight is 347 g/mol. The number of rotatable bonds is 8. The van der Waals surface area contributed by atoms with E-state index in [-0.39, 0.29) is 16.6 Å². The summed E-state index contributed by atoms with van der Waals surface area (Å²) in [5.74, 6) is 0.191. The van der Waals surface area contributed by atoms with E-state index in [0.717, 1.165) is 19.3 Å². The second kappa shape index (κ2) is 8.44. The number of sulfonamides is 1. The van der Waals surface area contributed by atoms with E-state index in [0.29, 0.717) is 12.1 Å². The second-order valence-electron chi connectivity index (χ2n) is 5.35. The lowest BCUT2D eigenvalue weighted by atomic mass is 10.2. The first-order chi connectivity index (χ1) is 11.5. The first-order valence-electron chi connectivity index (χ1n) is 7.85. The van der Waals surface area contributed by atoms with Crippen molar-refractivity contribution < 1.29 is 13.2 Å². The van der Waals surface area contributed by atoms with Gasteiger partial charge in [0.2, 0.25) is 5.91 Å². The van der Waals surface area contributed by atoms with Crippen LogP contribution in [-0.4, -0.2) is 19.3 Å². The van der Waals surface area contributed by atoms with Crippen molar-refractivity contribution in [2.75, 3.05) is 10.0 Å². The van der Waals surface area contributed by atoms with E-state index in [4.69, 9.17) is 0 Å². The third kappa shape index (κ3) is 5.34. The van der Waals surface area contributed by atoms with Gasteiger partial charge in [0.15, 0.2) is 0 Å². The van der Waals surface area contributed by atoms with Crippen LogP contribution in [0.1, 0.15) is 32.6 Å². The topological polar surface area (TPSA) is 88.2 Å². The van der Waals surface area contributed by atoms with Gasteiger partial charge < -0.3 is 5.32 Å². The number of carbonyl (C=O) groups excluding carboxylic acids is 1. The van der Waals surface area contributed by atoms with E-state index >= 15 is 0 Å². The van der Waals surface area contributed by atoms with Gasteiger partial charge in [-0.3, -0.25) is 9.52 Å². The molecule has 128 valence electrons. The molecule has 1 amide bonds. The Bertz CT molecular complexity index is 759. The molecule has 24 heavy (non-hydrogen) atoms. The summed E-state index contributed by atoms with van der Waals surface area (Å²) in [5.41, 5.74) is 0.577. The summed E-state index contributed by atoms with van der Waals surface area (Å²) in [4.78, 5) is 15.8. The van der Waals surface area contributed by atoms with E-state index in [2.05, 4.69) is 21.9 Å². The number of aromatic nitrogens is 1. The first-order valence-corrected chi connectivity index (χ1v) is 9.33. The Morgan fingerprint density at radius 2 is 1.83 bits per heavy atom. The van der Waals surface area contributed by atoms with Gasteiger partial charge in [0.05, 0.1) is 4.90 Å². The molecule has 2 N–H and O–H groups in total. The second-order valence-corrected chi connectivity index (χ2v) is 7.03. The molecule has 0 bridgehead atoms. The van der Waals surface area contributed by atoms with Gasteiger partial charge in [0.1, 0.15) is 5.82 Å². The monoisotopic (exact) mass is 347 g/mol. The predicted octanol–water partition coefficient (Wildman–Crippen LogP) is 3.40. The number of amides is 1. The van der Waals surface area contributed by atoms with E-state index in [1.54, 1.807) is 30.3 Å². The van der Waals surface area contributed by atoms with Crippen LogP contribution in [0.2, 0.25) is 0 Å². The van der Waals surface area contributed by atoms with Gasteiger partial charge in [-0.2, -0.15) is 0 Å². The fourth-order valence-electron chi connectivity index (χ4n) is 2.10. The lowest BCUT2D eigenvalue weighted by Gasteiger charge is -2.09. The van der Waals surface area contributed by atoms with Gasteiger partial charge in [0.25, 0.3) is 10.0 Å². The van der Waals surface area contributed by atoms with E-state index < -0.39 is 10.0 Å². The molecule has 0 aliphatic heterocycles. The summed E-state index contributed by atoms with van der Waals surface area (Å²) in [5, 5.41) is 2.76. The highest BCUT2D eigenvalue weighted by Gasteiger charge is 2.14. The Morgan fingerprint density at radius 1 is 1.08 bits per heavy atom. The number of carbonyl (C=O) groups is 1. The number of hydrogen-bond donors (Lipinski definition) is 2. The number of nitrogens with one attached hydrogen (secondary N) is 2. The van der Waals surface area contributed by atoms with Crippen LogP contribution in [0.25, 0.3) is 0 Å². The Balaban J connectivity index is 1.99. The van der Waals surface area contributed by atoms with Crippen molar-refractivity contribution in [3.8, 4) is 0 Å². The molecule has 0 spiro atoms. The summed E-state index contributed by atoms with van der Waals surface area (Å²) >= 11 is 0. The minimum atomic E-state index is -3.70. The summed E-state index contributed by atoms with van der Waals surface area (Å²) in [6, 6.07) is 11.0. The lowest BCUT2D eigenvalue weighted by Crippen LogP contribution is -2.14. The van der Waals surface area contributed by atoms with E-state index in [1.165, 1.54) is 18.3 Å². The van der Waals surface area contributed by atoms with Crippen LogP contribution in [-0.2, 0) is 14.8 Å². The molecule has 0 saturated carbocycles. The highest BCUT2D eigenvalue weighted by molar-refractivity contribution is 7.92. The van der Waals surface area contributed by atoms with Crippen molar-refractivity contribution in [2.24, 2.45) is 0 Å². The van der Waals surface area contributed by atoms with Gasteiger partial charge in [-0.15, -0.1) is 0 Å². The highest BCUT2D eigenvalue weighted by atomic mass is 32.2. The van der Waals surface area contributed by atoms with Crippen LogP contribution < -0.4 is 10.0 Å². The third-order valence-electron chi connectivity index (χ3n) is 3.36. The Labute approximate surface area is 142 Å². The molecular formula is C17H21N3O3S. The molecule has 0 aliphatic rings. The van der Waals surface area contributed by atoms with Crippen molar-refractivity contribution >= 4 is 27.4 Å². The van der Waals surface area contributed by atoms with Gasteiger partial charge in [-0.05, 0) is 42.8 Å². The van der Waals surface area contributed by atoms with Gasteiger partial charge >= 0.3 is 0 Å². The molecular weight excluding hydrogens is 326 g/mol. The molecule has 0 atom stereocenters. The van der Waals surface area contributed by atoms with E-state index in [1.807, 2.05) is 0 Å². The molecule has 2 rings (SSSR count). The molecule has 0 unspecified atom stereocenters. The van der Waals surface area contributed by atoms with Crippen LogP contribution in [0, 0.1) is 0 Å². The third-order valence-corrected chi connectivity index (χ3v) is 4.73. The van der Waals surface area contributed by atoms with Crippen LogP contribution in [0.15, 0.2) is 53.6 Å². The molecule has 0 saturated heterocycles. The van der Waals surface area contributed by atoms with Crippen molar-refractivity contribution in [3.63, 3.8) is 0 Å². The molecule has 0 radical (unpaired) electrons. The van der Waals surface area contributed by atoms with Crippen LogP contribution >= 0.6 is 0 Å². The largest absolute Gasteiger partial charge is 0.326 e. The summed E-state index contributed by atoms with van der Waals surface area (Å²) in [6.07, 6.45) is 4.90. The highest BCUT2D eigenvalue weighted by Crippen LogP contribution is 2.17. The minimum Gasteiger partial charge on any atom is -0.326 e. The van der Waals surface area contributed by atoms with Crippen molar-refractivity contribution in [2.45, 2.75) is 37.5 Å². The van der Waals surface area contributed by atoms with Crippen molar-refractivity contribution in [1.29, 1.82) is 0 Å². The van der Waals surface area contributed by atoms with Crippen LogP contribution in [0.3, 0.4) is 0 Å². The number of anilines is 2. The molecule has 0 fully saturated rings. The Hall–Kier alpha value is -2.41. The van der Waals surface area contributed by atoms with E-state index in [9.17, 15) is 13.2 Å². The lowest BCUT2D eigenvalue weighted by molar-refractivity contribution is -0.116. The zero-order valence-electron chi connectivity index (χ0n) is 13.5. The number of hydrogen-bond acceptors (Lipinski definition) is 4. The molecule has 1 aromatic heterocycles. The maximum Gasteiger partial charge on any atom is 0.263 e. The number of unbranched alkanes of at least 4 members (excludes halogenated alkanes) is 2. The fourth-order valence-corrected chi connectivity index (χ4v) is 3.10. The number of benzene rings is 1. The number of nitrogens with zero attached hydrogens (tertiary/aromatic N) is 1. The molecule has 0 aliphatic carbocycles. The van der Waals surface area contributed by atoms with Crippen LogP contribution in [0.5, 0.6) is 0 Å². The normalized spacial score (nSPS) is 11.0. The average Bonchev–Trinajstić information content (AvgIpc) is 2.56. The summed E-state index contributed by atoms with van der Waals surface area (Å²) in [7, 11) is -3.70. The minimum absolute atomic E-state index is 0.0642. The van der Waals surface area contributed by atoms with Gasteiger partial charge in [0, 0.05) is 18.3 Å². The molecule has 7 heteroatoms. The van der Waals surface area contributed by atoms with Gasteiger partial charge in [-0.25, -0.2) is 13.4 Å². The Kier molecular flexibility index (Phi) is 6.31. The first kappa shape index (κ1) is 17.9. The maximum atomic E-state index is 12.3. The maximum absolute atomic E-state index is 12.3. The van der Waals surface area contributed by atoms with Gasteiger partial charge in [-0.1, -0.05) is 25.8 Å². The molecule has 2 aromatic rings. The quantitative estimate of drug-likeness (QED) is 0.716. The fraction of sp³-hybridized carbons (Fsp3) is 0.294. The van der Waals surface area contributed by atoms with Crippen LogP contribution in [0.4, 0.5) is 11.5 Å². The SMILES string of the molecule is CCCCCC(=O)Nc1ccc(S(=O)(=O)Nc2ccccn2)cc1. The molecule has 1 heterocycles. The summed E-state index contributed by atoms with van der Waals surface area (Å²) < 4.78 is 26.9. The molecule has 1 aromatic carbocycles.